The molecule has 0 bridgehead atoms. The number of hydrogen-bond donors (Lipinski definition) is 1. The molecule has 0 aliphatic rings. The Morgan fingerprint density at radius 2 is 1.59 bits per heavy atom. The Morgan fingerprint density at radius 1 is 1.06 bits per heavy atom. The highest BCUT2D eigenvalue weighted by Crippen LogP contribution is 2.33. The fraction of sp³-hybridized carbons (Fsp3) is 0.400. The molecule has 7 heteroatoms. The minimum Gasteiger partial charge on any atom is -0.383 e. The maximum Gasteiger partial charge on any atom is 0.389 e. The van der Waals surface area contributed by atoms with E-state index in [1.165, 1.54) is 12.1 Å². The van der Waals surface area contributed by atoms with Gasteiger partial charge in [-0.2, -0.15) is 13.2 Å². The first kappa shape index (κ1) is 14.7. The third-order valence-electron chi connectivity index (χ3n) is 1.95. The molecular formula is C10H9Cl3F3N. The third kappa shape index (κ3) is 5.23. The van der Waals surface area contributed by atoms with Gasteiger partial charge in [-0.3, -0.25) is 0 Å². The number of hydrogen-bond acceptors (Lipinski definition) is 1. The summed E-state index contributed by atoms with van der Waals surface area (Å²) in [6.45, 7) is 0.139. The van der Waals surface area contributed by atoms with Crippen LogP contribution in [0.2, 0.25) is 15.1 Å². The van der Waals surface area contributed by atoms with Crippen molar-refractivity contribution in [3.63, 3.8) is 0 Å². The van der Waals surface area contributed by atoms with Gasteiger partial charge in [0.25, 0.3) is 0 Å². The molecule has 96 valence electrons. The van der Waals surface area contributed by atoms with Gasteiger partial charge in [-0.25, -0.2) is 0 Å². The molecule has 0 aliphatic carbocycles. The fourth-order valence-corrected chi connectivity index (χ4v) is 2.16. The molecule has 17 heavy (non-hydrogen) atoms. The van der Waals surface area contributed by atoms with Gasteiger partial charge in [-0.05, 0) is 18.6 Å². The number of anilines is 1. The monoisotopic (exact) mass is 305 g/mol. The van der Waals surface area contributed by atoms with Crippen LogP contribution >= 0.6 is 34.8 Å². The fourth-order valence-electron chi connectivity index (χ4n) is 1.21. The van der Waals surface area contributed by atoms with E-state index in [4.69, 9.17) is 34.8 Å². The molecule has 0 amide bonds. The van der Waals surface area contributed by atoms with Gasteiger partial charge in [0.1, 0.15) is 0 Å². The Labute approximate surface area is 112 Å². The van der Waals surface area contributed by atoms with Crippen molar-refractivity contribution in [3.05, 3.63) is 27.2 Å². The van der Waals surface area contributed by atoms with Gasteiger partial charge < -0.3 is 5.32 Å². The summed E-state index contributed by atoms with van der Waals surface area (Å²) in [7, 11) is 0. The highest BCUT2D eigenvalue weighted by atomic mass is 35.5. The lowest BCUT2D eigenvalue weighted by Crippen LogP contribution is -2.11. The molecule has 0 unspecified atom stereocenters. The van der Waals surface area contributed by atoms with Crippen molar-refractivity contribution < 1.29 is 13.2 Å². The van der Waals surface area contributed by atoms with Crippen LogP contribution in [0, 0.1) is 0 Å². The number of halogens is 6. The van der Waals surface area contributed by atoms with E-state index in [9.17, 15) is 13.2 Å². The van der Waals surface area contributed by atoms with Gasteiger partial charge in [-0.15, -0.1) is 0 Å². The van der Waals surface area contributed by atoms with Crippen LogP contribution < -0.4 is 5.32 Å². The molecule has 0 radical (unpaired) electrons. The number of benzene rings is 1. The lowest BCUT2D eigenvalue weighted by molar-refractivity contribution is -0.134. The van der Waals surface area contributed by atoms with Crippen LogP contribution in [-0.4, -0.2) is 12.7 Å². The van der Waals surface area contributed by atoms with E-state index in [-0.39, 0.29) is 23.0 Å². The van der Waals surface area contributed by atoms with Crippen molar-refractivity contribution in [3.8, 4) is 0 Å². The zero-order valence-corrected chi connectivity index (χ0v) is 10.8. The molecule has 1 aromatic rings. The molecule has 0 atom stereocenters. The molecule has 0 aliphatic heterocycles. The summed E-state index contributed by atoms with van der Waals surface area (Å²) in [5.41, 5.74) is 0.403. The standard InChI is InChI=1S/C10H9Cl3F3N/c11-6-4-7(12)9(8(13)5-6)17-3-1-2-10(14,15)16/h4-5,17H,1-3H2. The Hall–Kier alpha value is -0.320. The van der Waals surface area contributed by atoms with Crippen molar-refractivity contribution in [1.29, 1.82) is 0 Å². The minimum atomic E-state index is -4.14. The Morgan fingerprint density at radius 3 is 2.06 bits per heavy atom. The zero-order valence-electron chi connectivity index (χ0n) is 8.54. The van der Waals surface area contributed by atoms with Gasteiger partial charge in [0.2, 0.25) is 0 Å². The lowest BCUT2D eigenvalue weighted by atomic mass is 10.2. The first-order valence-corrected chi connectivity index (χ1v) is 5.88. The Balaban J connectivity index is 2.53. The molecule has 1 rings (SSSR count). The molecule has 0 saturated carbocycles. The Kier molecular flexibility index (Phi) is 5.22. The average Bonchev–Trinajstić information content (AvgIpc) is 2.13. The molecule has 0 fully saturated rings. The molecule has 0 spiro atoms. The zero-order chi connectivity index (χ0) is 13.1. The van der Waals surface area contributed by atoms with Crippen LogP contribution in [0.4, 0.5) is 18.9 Å². The maximum absolute atomic E-state index is 11.9. The predicted molar refractivity (Wildman–Crippen MR) is 65.3 cm³/mol. The van der Waals surface area contributed by atoms with E-state index in [1.807, 2.05) is 0 Å². The van der Waals surface area contributed by atoms with Gasteiger partial charge in [-0.1, -0.05) is 34.8 Å². The van der Waals surface area contributed by atoms with E-state index in [0.29, 0.717) is 10.7 Å². The van der Waals surface area contributed by atoms with E-state index in [0.717, 1.165) is 0 Å². The van der Waals surface area contributed by atoms with Crippen LogP contribution in [0.3, 0.4) is 0 Å². The van der Waals surface area contributed by atoms with Crippen LogP contribution in [0.25, 0.3) is 0 Å². The van der Waals surface area contributed by atoms with E-state index < -0.39 is 12.6 Å². The molecule has 1 nitrogen and oxygen atoms in total. The maximum atomic E-state index is 11.9. The van der Waals surface area contributed by atoms with Crippen molar-refractivity contribution in [2.75, 3.05) is 11.9 Å². The van der Waals surface area contributed by atoms with Crippen molar-refractivity contribution in [1.82, 2.24) is 0 Å². The second kappa shape index (κ2) is 6.03. The molecular weight excluding hydrogens is 297 g/mol. The van der Waals surface area contributed by atoms with Crippen LogP contribution in [0.1, 0.15) is 12.8 Å². The normalized spacial score (nSPS) is 11.6. The summed E-state index contributed by atoms with van der Waals surface area (Å²) in [6, 6.07) is 2.95. The quantitative estimate of drug-likeness (QED) is 0.734. The molecule has 1 N–H and O–H groups in total. The van der Waals surface area contributed by atoms with Crippen molar-refractivity contribution in [2.45, 2.75) is 19.0 Å². The molecule has 0 heterocycles. The van der Waals surface area contributed by atoms with E-state index in [2.05, 4.69) is 5.32 Å². The minimum absolute atomic E-state index is 0.0429. The smallest absolute Gasteiger partial charge is 0.383 e. The lowest BCUT2D eigenvalue weighted by Gasteiger charge is -2.11. The second-order valence-corrected chi connectivity index (χ2v) is 4.64. The van der Waals surface area contributed by atoms with Crippen LogP contribution in [0.5, 0.6) is 0 Å². The molecule has 0 aromatic heterocycles. The van der Waals surface area contributed by atoms with Crippen molar-refractivity contribution in [2.24, 2.45) is 0 Å². The predicted octanol–water partition coefficient (Wildman–Crippen LogP) is 5.40. The van der Waals surface area contributed by atoms with E-state index >= 15 is 0 Å². The van der Waals surface area contributed by atoms with Crippen molar-refractivity contribution >= 4 is 40.5 Å². The topological polar surface area (TPSA) is 12.0 Å². The molecule has 1 aromatic carbocycles. The number of rotatable bonds is 4. The summed E-state index contributed by atoms with van der Waals surface area (Å²) in [5.74, 6) is 0. The number of nitrogens with one attached hydrogen (secondary N) is 1. The summed E-state index contributed by atoms with van der Waals surface area (Å²) >= 11 is 17.4. The Bertz CT molecular complexity index is 370. The van der Waals surface area contributed by atoms with Gasteiger partial charge >= 0.3 is 6.18 Å². The largest absolute Gasteiger partial charge is 0.389 e. The van der Waals surface area contributed by atoms with Gasteiger partial charge in [0, 0.05) is 18.0 Å². The first-order valence-electron chi connectivity index (χ1n) is 4.75. The highest BCUT2D eigenvalue weighted by molar-refractivity contribution is 6.41. The van der Waals surface area contributed by atoms with Gasteiger partial charge in [0.15, 0.2) is 0 Å². The first-order chi connectivity index (χ1) is 7.79. The SMILES string of the molecule is FC(F)(F)CCCNc1c(Cl)cc(Cl)cc1Cl. The average molecular weight is 307 g/mol. The third-order valence-corrected chi connectivity index (χ3v) is 2.76. The summed E-state index contributed by atoms with van der Waals surface area (Å²) in [5, 5.41) is 3.71. The number of alkyl halides is 3. The molecule has 0 saturated heterocycles. The summed E-state index contributed by atoms with van der Waals surface area (Å²) in [4.78, 5) is 0. The second-order valence-electron chi connectivity index (χ2n) is 3.39. The van der Waals surface area contributed by atoms with Crippen LogP contribution in [0.15, 0.2) is 12.1 Å². The highest BCUT2D eigenvalue weighted by Gasteiger charge is 2.25. The van der Waals surface area contributed by atoms with Crippen LogP contribution in [-0.2, 0) is 0 Å². The summed E-state index contributed by atoms with van der Waals surface area (Å²) < 4.78 is 35.7. The van der Waals surface area contributed by atoms with E-state index in [1.54, 1.807) is 0 Å². The van der Waals surface area contributed by atoms with Gasteiger partial charge in [0.05, 0.1) is 15.7 Å². The summed E-state index contributed by atoms with van der Waals surface area (Å²) in [6.07, 6.45) is -5.03.